The molecule has 178 valence electrons. The lowest BCUT2D eigenvalue weighted by atomic mass is 9.83. The molecule has 1 saturated heterocycles. The zero-order valence-corrected chi connectivity index (χ0v) is 19.7. The zero-order valence-electron chi connectivity index (χ0n) is 19.7. The monoisotopic (exact) mass is 465 g/mol. The Labute approximate surface area is 196 Å². The van der Waals surface area contributed by atoms with E-state index in [1.165, 1.54) is 25.4 Å². The van der Waals surface area contributed by atoms with Gasteiger partial charge in [0.15, 0.2) is 5.65 Å². The number of nitrogen functional groups attached to an aromatic ring is 1. The van der Waals surface area contributed by atoms with E-state index in [1.807, 2.05) is 20.8 Å². The van der Waals surface area contributed by atoms with Crippen LogP contribution >= 0.6 is 0 Å². The highest BCUT2D eigenvalue weighted by molar-refractivity contribution is 5.90. The Morgan fingerprint density at radius 1 is 1.18 bits per heavy atom. The number of nitrogens with zero attached hydrogens (tertiary/aromatic N) is 6. The van der Waals surface area contributed by atoms with Gasteiger partial charge in [0.05, 0.1) is 31.7 Å². The predicted molar refractivity (Wildman–Crippen MR) is 125 cm³/mol. The molecule has 1 aliphatic heterocycles. The van der Waals surface area contributed by atoms with Crippen molar-refractivity contribution in [1.82, 2.24) is 29.6 Å². The molecule has 34 heavy (non-hydrogen) atoms. The van der Waals surface area contributed by atoms with E-state index >= 15 is 0 Å². The summed E-state index contributed by atoms with van der Waals surface area (Å²) in [5.74, 6) is 7.12. The van der Waals surface area contributed by atoms with Crippen molar-refractivity contribution in [2.45, 2.75) is 39.3 Å². The number of amides is 1. The summed E-state index contributed by atoms with van der Waals surface area (Å²) in [5.41, 5.74) is 7.42. The normalized spacial score (nSPS) is 18.0. The number of methoxy groups -OCH3 is 2. The summed E-state index contributed by atoms with van der Waals surface area (Å²) in [6, 6.07) is 2.83. The minimum absolute atomic E-state index is 0.232. The Kier molecular flexibility index (Phi) is 5.91. The number of aromatic nitrogens is 5. The standard InChI is InChI=1S/C23H27N7O4/c1-23(2,3)19-15(8-9-29(19)22(31)32)30-21-18(20(24)25-12-26-21)14(28-30)7-6-13-10-16(33-4)27-17(11-13)34-5/h10-12,15,19H,8-9H2,1-5H3,(H,31,32)(H2,24,25,26). The smallest absolute Gasteiger partial charge is 0.407 e. The van der Waals surface area contributed by atoms with Gasteiger partial charge in [0.25, 0.3) is 0 Å². The maximum atomic E-state index is 11.9. The lowest BCUT2D eigenvalue weighted by Crippen LogP contribution is -2.46. The zero-order chi connectivity index (χ0) is 24.6. The topological polar surface area (TPSA) is 142 Å². The van der Waals surface area contributed by atoms with Crippen LogP contribution in [0.2, 0.25) is 0 Å². The van der Waals surface area contributed by atoms with Crippen molar-refractivity contribution in [1.29, 1.82) is 0 Å². The fourth-order valence-corrected chi connectivity index (χ4v) is 4.50. The SMILES string of the molecule is COc1cc(C#Cc2nn(C3CCN(C(=O)O)C3C(C)(C)C)c3ncnc(N)c23)cc(OC)n1. The molecule has 0 aliphatic carbocycles. The maximum absolute atomic E-state index is 11.9. The van der Waals surface area contributed by atoms with Crippen LogP contribution in [0.5, 0.6) is 11.8 Å². The van der Waals surface area contributed by atoms with Gasteiger partial charge in [-0.25, -0.2) is 19.4 Å². The highest BCUT2D eigenvalue weighted by Crippen LogP contribution is 2.41. The third kappa shape index (κ3) is 4.14. The molecule has 4 heterocycles. The van der Waals surface area contributed by atoms with E-state index in [4.69, 9.17) is 20.3 Å². The summed E-state index contributed by atoms with van der Waals surface area (Å²) in [6.07, 6.45) is 1.02. The lowest BCUT2D eigenvalue weighted by Gasteiger charge is -2.36. The van der Waals surface area contributed by atoms with Crippen LogP contribution in [-0.2, 0) is 0 Å². The lowest BCUT2D eigenvalue weighted by molar-refractivity contribution is 0.0912. The highest BCUT2D eigenvalue weighted by atomic mass is 16.5. The van der Waals surface area contributed by atoms with Crippen LogP contribution in [0.3, 0.4) is 0 Å². The molecule has 11 nitrogen and oxygen atoms in total. The molecule has 1 aliphatic rings. The van der Waals surface area contributed by atoms with Gasteiger partial charge in [-0.3, -0.25) is 0 Å². The molecule has 0 saturated carbocycles. The number of hydrogen-bond donors (Lipinski definition) is 2. The Balaban J connectivity index is 1.84. The second-order valence-corrected chi connectivity index (χ2v) is 9.08. The van der Waals surface area contributed by atoms with Crippen LogP contribution in [0.15, 0.2) is 18.5 Å². The Bertz CT molecular complexity index is 1280. The molecule has 0 bridgehead atoms. The molecule has 3 N–H and O–H groups in total. The fourth-order valence-electron chi connectivity index (χ4n) is 4.50. The van der Waals surface area contributed by atoms with Crippen LogP contribution in [0.1, 0.15) is 44.5 Å². The molecule has 1 fully saturated rings. The van der Waals surface area contributed by atoms with E-state index in [0.29, 0.717) is 47.0 Å². The third-order valence-electron chi connectivity index (χ3n) is 5.85. The average molecular weight is 466 g/mol. The maximum Gasteiger partial charge on any atom is 0.407 e. The number of nitrogens with two attached hydrogens (primary N) is 1. The first-order chi connectivity index (χ1) is 16.1. The molecule has 11 heteroatoms. The first kappa shape index (κ1) is 23.1. The van der Waals surface area contributed by atoms with Gasteiger partial charge < -0.3 is 25.2 Å². The quantitative estimate of drug-likeness (QED) is 0.558. The van der Waals surface area contributed by atoms with Gasteiger partial charge in [0.1, 0.15) is 17.8 Å². The van der Waals surface area contributed by atoms with Crippen molar-refractivity contribution in [2.75, 3.05) is 26.5 Å². The number of anilines is 1. The van der Waals surface area contributed by atoms with Gasteiger partial charge in [-0.1, -0.05) is 26.7 Å². The molecule has 0 radical (unpaired) electrons. The van der Waals surface area contributed by atoms with Crippen molar-refractivity contribution < 1.29 is 19.4 Å². The van der Waals surface area contributed by atoms with E-state index in [0.717, 1.165) is 0 Å². The van der Waals surface area contributed by atoms with Crippen LogP contribution in [0.25, 0.3) is 11.0 Å². The molecule has 3 aromatic rings. The molecule has 2 atom stereocenters. The summed E-state index contributed by atoms with van der Waals surface area (Å²) >= 11 is 0. The van der Waals surface area contributed by atoms with Gasteiger partial charge in [-0.15, -0.1) is 0 Å². The summed E-state index contributed by atoms with van der Waals surface area (Å²) in [5, 5.41) is 15.1. The average Bonchev–Trinajstić information content (AvgIpc) is 3.40. The van der Waals surface area contributed by atoms with Crippen molar-refractivity contribution in [3.8, 4) is 23.6 Å². The van der Waals surface area contributed by atoms with Crippen molar-refractivity contribution >= 4 is 22.9 Å². The minimum Gasteiger partial charge on any atom is -0.481 e. The van der Waals surface area contributed by atoms with Gasteiger partial charge in [0, 0.05) is 24.2 Å². The van der Waals surface area contributed by atoms with Gasteiger partial charge in [-0.05, 0) is 17.8 Å². The molecule has 0 aromatic carbocycles. The number of fused-ring (bicyclic) bond motifs is 1. The first-order valence-electron chi connectivity index (χ1n) is 10.7. The largest absolute Gasteiger partial charge is 0.481 e. The van der Waals surface area contributed by atoms with E-state index in [-0.39, 0.29) is 23.3 Å². The van der Waals surface area contributed by atoms with Gasteiger partial charge in [-0.2, -0.15) is 10.1 Å². The Morgan fingerprint density at radius 3 is 2.44 bits per heavy atom. The number of ether oxygens (including phenoxy) is 2. The van der Waals surface area contributed by atoms with Gasteiger partial charge >= 0.3 is 6.09 Å². The molecule has 1 amide bonds. The predicted octanol–water partition coefficient (Wildman–Crippen LogP) is 2.56. The Morgan fingerprint density at radius 2 is 1.85 bits per heavy atom. The molecule has 3 aromatic heterocycles. The highest BCUT2D eigenvalue weighted by Gasteiger charge is 2.46. The van der Waals surface area contributed by atoms with Crippen molar-refractivity contribution in [3.05, 3.63) is 29.7 Å². The number of likely N-dealkylation sites (tertiary alicyclic amines) is 1. The second kappa shape index (κ2) is 8.70. The van der Waals surface area contributed by atoms with E-state index < -0.39 is 6.09 Å². The summed E-state index contributed by atoms with van der Waals surface area (Å²) in [6.45, 7) is 6.46. The van der Waals surface area contributed by atoms with Crippen molar-refractivity contribution in [2.24, 2.45) is 5.41 Å². The number of carboxylic acid groups (broad SMARTS) is 1. The molecular weight excluding hydrogens is 438 g/mol. The Hall–Kier alpha value is -4.07. The number of carbonyl (C=O) groups is 1. The second-order valence-electron chi connectivity index (χ2n) is 9.08. The number of hydrogen-bond acceptors (Lipinski definition) is 8. The molecule has 0 spiro atoms. The van der Waals surface area contributed by atoms with Crippen LogP contribution in [-0.4, -0.2) is 67.6 Å². The van der Waals surface area contributed by atoms with E-state index in [1.54, 1.807) is 16.8 Å². The van der Waals surface area contributed by atoms with Crippen LogP contribution < -0.4 is 15.2 Å². The number of pyridine rings is 1. The van der Waals surface area contributed by atoms with Gasteiger partial charge in [0.2, 0.25) is 11.8 Å². The summed E-state index contributed by atoms with van der Waals surface area (Å²) in [7, 11) is 3.03. The van der Waals surface area contributed by atoms with Crippen LogP contribution in [0, 0.1) is 17.3 Å². The number of rotatable bonds is 3. The van der Waals surface area contributed by atoms with Crippen molar-refractivity contribution in [3.63, 3.8) is 0 Å². The summed E-state index contributed by atoms with van der Waals surface area (Å²) < 4.78 is 12.2. The van der Waals surface area contributed by atoms with E-state index in [9.17, 15) is 9.90 Å². The minimum atomic E-state index is -0.950. The fraction of sp³-hybridized carbons (Fsp3) is 0.435. The van der Waals surface area contributed by atoms with Crippen LogP contribution in [0.4, 0.5) is 10.6 Å². The van der Waals surface area contributed by atoms with E-state index in [2.05, 4.69) is 26.8 Å². The summed E-state index contributed by atoms with van der Waals surface area (Å²) in [4.78, 5) is 26.1. The molecule has 4 rings (SSSR count). The third-order valence-corrected chi connectivity index (χ3v) is 5.85. The molecular formula is C23H27N7O4. The first-order valence-corrected chi connectivity index (χ1v) is 10.7. The molecule has 2 unspecified atom stereocenters.